The molecule has 0 saturated carbocycles. The van der Waals surface area contributed by atoms with Crippen molar-refractivity contribution in [3.63, 3.8) is 0 Å². The summed E-state index contributed by atoms with van der Waals surface area (Å²) in [7, 11) is 0. The Bertz CT molecular complexity index is 514. The minimum Gasteiger partial charge on any atom is -0.394 e. The second-order valence-corrected chi connectivity index (χ2v) is 4.12. The van der Waals surface area contributed by atoms with Crippen LogP contribution in [-0.4, -0.2) is 61.4 Å². The van der Waals surface area contributed by atoms with Gasteiger partial charge in [-0.25, -0.2) is 9.97 Å². The van der Waals surface area contributed by atoms with E-state index in [9.17, 15) is 20.3 Å². The number of ether oxygens (including phenoxy) is 1. The van der Waals surface area contributed by atoms with E-state index in [0.29, 0.717) is 0 Å². The highest BCUT2D eigenvalue weighted by Gasteiger charge is 2.43. The van der Waals surface area contributed by atoms with Gasteiger partial charge in [0.15, 0.2) is 6.23 Å². The van der Waals surface area contributed by atoms with Crippen LogP contribution < -0.4 is 11.1 Å². The quantitative estimate of drug-likeness (QED) is 0.302. The molecule has 1 fully saturated rings. The smallest absolute Gasteiger partial charge is 0.353 e. The monoisotopic (exact) mass is 287 g/mol. The predicted molar refractivity (Wildman–Crippen MR) is 64.5 cm³/mol. The molecule has 1 saturated heterocycles. The van der Waals surface area contributed by atoms with Crippen LogP contribution in [0.4, 0.5) is 17.3 Å². The molecular formula is C9H13N5O6. The fraction of sp³-hybridized carbons (Fsp3) is 0.556. The van der Waals surface area contributed by atoms with Crippen LogP contribution in [0, 0.1) is 10.1 Å². The number of hydrogen-bond acceptors (Lipinski definition) is 10. The first-order valence-corrected chi connectivity index (χ1v) is 5.59. The van der Waals surface area contributed by atoms with Crippen molar-refractivity contribution in [2.24, 2.45) is 0 Å². The zero-order chi connectivity index (χ0) is 14.9. The molecule has 1 aliphatic rings. The van der Waals surface area contributed by atoms with Gasteiger partial charge in [-0.15, -0.1) is 0 Å². The largest absolute Gasteiger partial charge is 0.394 e. The Hall–Kier alpha value is -2.08. The summed E-state index contributed by atoms with van der Waals surface area (Å²) in [5.74, 6) is -0.600. The highest BCUT2D eigenvalue weighted by atomic mass is 16.6. The molecule has 1 aliphatic heterocycles. The van der Waals surface area contributed by atoms with Crippen molar-refractivity contribution < 1.29 is 25.0 Å². The van der Waals surface area contributed by atoms with Crippen LogP contribution in [0.2, 0.25) is 0 Å². The standard InChI is InChI=1S/C9H13N5O6/c10-7-4(14(18)19)8(12-2-11-7)13-9-6(17)5(16)3(1-15)20-9/h2-3,5-6,9,15-17H,1H2,(H3,10,11,12,13)/t3-,5?,6?,9-/m1/s1. The summed E-state index contributed by atoms with van der Waals surface area (Å²) in [6.45, 7) is -0.510. The van der Waals surface area contributed by atoms with E-state index in [4.69, 9.17) is 15.6 Å². The number of aliphatic hydroxyl groups is 3. The lowest BCUT2D eigenvalue weighted by Gasteiger charge is -2.16. The SMILES string of the molecule is Nc1ncnc(N[C@@H]2O[C@H](CO)C(O)C2O)c1[N+](=O)[O-]. The molecule has 0 aliphatic carbocycles. The van der Waals surface area contributed by atoms with Gasteiger partial charge in [-0.2, -0.15) is 0 Å². The summed E-state index contributed by atoms with van der Waals surface area (Å²) in [6, 6.07) is 0. The average Bonchev–Trinajstić information content (AvgIpc) is 2.66. The van der Waals surface area contributed by atoms with Crippen LogP contribution >= 0.6 is 0 Å². The van der Waals surface area contributed by atoms with Gasteiger partial charge in [-0.05, 0) is 0 Å². The fourth-order valence-corrected chi connectivity index (χ4v) is 1.83. The normalized spacial score (nSPS) is 29.4. The van der Waals surface area contributed by atoms with Crippen molar-refractivity contribution in [3.05, 3.63) is 16.4 Å². The molecule has 6 N–H and O–H groups in total. The van der Waals surface area contributed by atoms with Crippen LogP contribution in [0.5, 0.6) is 0 Å². The Morgan fingerprint density at radius 1 is 1.45 bits per heavy atom. The minimum absolute atomic E-state index is 0.252. The molecule has 110 valence electrons. The van der Waals surface area contributed by atoms with Gasteiger partial charge in [0.05, 0.1) is 11.5 Å². The number of nitro groups is 1. The molecule has 0 radical (unpaired) electrons. The van der Waals surface area contributed by atoms with Crippen molar-refractivity contribution in [1.29, 1.82) is 0 Å². The van der Waals surface area contributed by atoms with Gasteiger partial charge in [-0.1, -0.05) is 0 Å². The molecule has 0 bridgehead atoms. The maximum Gasteiger partial charge on any atom is 0.353 e. The molecule has 2 heterocycles. The number of hydrogen-bond donors (Lipinski definition) is 5. The van der Waals surface area contributed by atoms with Crippen molar-refractivity contribution in [2.45, 2.75) is 24.5 Å². The maximum atomic E-state index is 10.9. The molecular weight excluding hydrogens is 274 g/mol. The molecule has 11 heteroatoms. The average molecular weight is 287 g/mol. The molecule has 1 aromatic heterocycles. The third-order valence-electron chi connectivity index (χ3n) is 2.85. The Labute approximate surface area is 112 Å². The number of anilines is 2. The lowest BCUT2D eigenvalue weighted by Crippen LogP contribution is -2.36. The first kappa shape index (κ1) is 14.3. The summed E-state index contributed by atoms with van der Waals surface area (Å²) in [5.41, 5.74) is 4.82. The Morgan fingerprint density at radius 3 is 2.70 bits per heavy atom. The molecule has 11 nitrogen and oxygen atoms in total. The molecule has 20 heavy (non-hydrogen) atoms. The Balaban J connectivity index is 2.23. The number of nitrogen functional groups attached to an aromatic ring is 1. The predicted octanol–water partition coefficient (Wildman–Crippen LogP) is -2.18. The van der Waals surface area contributed by atoms with E-state index < -0.39 is 41.8 Å². The number of nitrogens with one attached hydrogen (secondary N) is 1. The molecule has 4 atom stereocenters. The summed E-state index contributed by atoms with van der Waals surface area (Å²) in [4.78, 5) is 17.3. The zero-order valence-corrected chi connectivity index (χ0v) is 10.1. The third kappa shape index (κ3) is 2.46. The van der Waals surface area contributed by atoms with Crippen LogP contribution in [-0.2, 0) is 4.74 Å². The van der Waals surface area contributed by atoms with Crippen molar-refractivity contribution >= 4 is 17.3 Å². The third-order valence-corrected chi connectivity index (χ3v) is 2.85. The Morgan fingerprint density at radius 2 is 2.15 bits per heavy atom. The number of aliphatic hydroxyl groups excluding tert-OH is 3. The van der Waals surface area contributed by atoms with Gasteiger partial charge >= 0.3 is 5.69 Å². The van der Waals surface area contributed by atoms with Crippen molar-refractivity contribution in [3.8, 4) is 0 Å². The molecule has 0 aromatic carbocycles. The van der Waals surface area contributed by atoms with E-state index in [1.54, 1.807) is 0 Å². The lowest BCUT2D eigenvalue weighted by molar-refractivity contribution is -0.383. The van der Waals surface area contributed by atoms with Crippen LogP contribution in [0.1, 0.15) is 0 Å². The van der Waals surface area contributed by atoms with E-state index in [1.807, 2.05) is 0 Å². The summed E-state index contributed by atoms with van der Waals surface area (Å²) in [5, 5.41) is 41.6. The summed E-state index contributed by atoms with van der Waals surface area (Å²) in [6.07, 6.45) is -3.87. The van der Waals surface area contributed by atoms with Gasteiger partial charge in [0.1, 0.15) is 24.6 Å². The molecule has 2 unspecified atom stereocenters. The fourth-order valence-electron chi connectivity index (χ4n) is 1.83. The van der Waals surface area contributed by atoms with Crippen molar-refractivity contribution in [1.82, 2.24) is 9.97 Å². The maximum absolute atomic E-state index is 10.9. The van der Waals surface area contributed by atoms with E-state index in [-0.39, 0.29) is 11.6 Å². The molecule has 1 aromatic rings. The van der Waals surface area contributed by atoms with Gasteiger partial charge in [-0.3, -0.25) is 10.1 Å². The number of aromatic nitrogens is 2. The van der Waals surface area contributed by atoms with Gasteiger partial charge < -0.3 is 31.1 Å². The van der Waals surface area contributed by atoms with Gasteiger partial charge in [0.25, 0.3) is 0 Å². The molecule has 0 amide bonds. The number of nitrogens with zero attached hydrogens (tertiary/aromatic N) is 3. The van der Waals surface area contributed by atoms with E-state index in [2.05, 4.69) is 15.3 Å². The minimum atomic E-state index is -1.39. The molecule has 0 spiro atoms. The van der Waals surface area contributed by atoms with Crippen LogP contribution in [0.3, 0.4) is 0 Å². The first-order valence-electron chi connectivity index (χ1n) is 5.59. The van der Waals surface area contributed by atoms with Gasteiger partial charge in [0.2, 0.25) is 11.6 Å². The van der Waals surface area contributed by atoms with Crippen LogP contribution in [0.15, 0.2) is 6.33 Å². The topological polar surface area (TPSA) is 177 Å². The second kappa shape index (κ2) is 5.50. The molecule has 2 rings (SSSR count). The second-order valence-electron chi connectivity index (χ2n) is 4.12. The first-order chi connectivity index (χ1) is 9.45. The zero-order valence-electron chi connectivity index (χ0n) is 10.1. The van der Waals surface area contributed by atoms with E-state index in [1.165, 1.54) is 0 Å². The highest BCUT2D eigenvalue weighted by molar-refractivity contribution is 5.67. The van der Waals surface area contributed by atoms with Crippen LogP contribution in [0.25, 0.3) is 0 Å². The van der Waals surface area contributed by atoms with Gasteiger partial charge in [0, 0.05) is 0 Å². The number of rotatable bonds is 4. The summed E-state index contributed by atoms with van der Waals surface area (Å²) < 4.78 is 5.13. The number of nitrogens with two attached hydrogens (primary N) is 1. The lowest BCUT2D eigenvalue weighted by atomic mass is 10.1. The summed E-state index contributed by atoms with van der Waals surface area (Å²) >= 11 is 0. The van der Waals surface area contributed by atoms with E-state index >= 15 is 0 Å². The van der Waals surface area contributed by atoms with E-state index in [0.717, 1.165) is 6.33 Å². The highest BCUT2D eigenvalue weighted by Crippen LogP contribution is 2.29. The Kier molecular flexibility index (Phi) is 3.94. The van der Waals surface area contributed by atoms with Crippen molar-refractivity contribution in [2.75, 3.05) is 17.7 Å².